The predicted molar refractivity (Wildman–Crippen MR) is 117 cm³/mol. The fourth-order valence-electron chi connectivity index (χ4n) is 5.80. The van der Waals surface area contributed by atoms with Gasteiger partial charge in [-0.3, -0.25) is 0 Å². The Hall–Kier alpha value is -2.04. The van der Waals surface area contributed by atoms with E-state index in [0.29, 0.717) is 24.8 Å². The van der Waals surface area contributed by atoms with E-state index in [-0.39, 0.29) is 41.5 Å². The van der Waals surface area contributed by atoms with Crippen molar-refractivity contribution >= 4 is 6.09 Å². The highest BCUT2D eigenvalue weighted by Gasteiger charge is 2.72. The van der Waals surface area contributed by atoms with Gasteiger partial charge in [0.15, 0.2) is 5.82 Å². The first-order chi connectivity index (χ1) is 15.8. The molecule has 182 valence electrons. The molecule has 4 fully saturated rings. The number of methoxy groups -OCH3 is 1. The molecule has 3 aliphatic heterocycles. The number of ether oxygens (including phenoxy) is 4. The first kappa shape index (κ1) is 22.7. The van der Waals surface area contributed by atoms with Crippen molar-refractivity contribution in [2.24, 2.45) is 11.8 Å². The molecule has 0 unspecified atom stereocenters. The Morgan fingerprint density at radius 1 is 1.36 bits per heavy atom. The molecule has 4 aliphatic rings. The number of hydrogen-bond acceptors (Lipinski definition) is 8. The molecule has 4 heterocycles. The lowest BCUT2D eigenvalue weighted by molar-refractivity contribution is -0.124. The molecule has 0 aromatic carbocycles. The fourth-order valence-corrected chi connectivity index (χ4v) is 5.80. The highest BCUT2D eigenvalue weighted by molar-refractivity contribution is 5.69. The van der Waals surface area contributed by atoms with Crippen molar-refractivity contribution in [1.82, 2.24) is 25.5 Å². The number of likely N-dealkylation sites (tertiary alicyclic amines) is 1. The third-order valence-electron chi connectivity index (χ3n) is 7.87. The van der Waals surface area contributed by atoms with Gasteiger partial charge in [0.25, 0.3) is 0 Å². The van der Waals surface area contributed by atoms with Crippen LogP contribution < -0.4 is 0 Å². The van der Waals surface area contributed by atoms with Crippen LogP contribution in [0.1, 0.15) is 52.3 Å². The van der Waals surface area contributed by atoms with Gasteiger partial charge in [-0.25, -0.2) is 4.79 Å². The summed E-state index contributed by atoms with van der Waals surface area (Å²) in [7, 11) is 1.70. The van der Waals surface area contributed by atoms with Crippen LogP contribution in [0.25, 0.3) is 0 Å². The summed E-state index contributed by atoms with van der Waals surface area (Å²) in [6.07, 6.45) is 5.72. The number of aryl methyl sites for hydroxylation is 1. The van der Waals surface area contributed by atoms with E-state index < -0.39 is 0 Å². The van der Waals surface area contributed by atoms with Gasteiger partial charge in [-0.15, -0.1) is 10.2 Å². The van der Waals surface area contributed by atoms with Gasteiger partial charge in [-0.05, 0) is 52.4 Å². The Morgan fingerprint density at radius 2 is 2.15 bits per heavy atom. The molecular formula is C23H35N5O5. The number of aromatic nitrogens is 4. The molecule has 10 nitrogen and oxygen atoms in total. The second-order valence-corrected chi connectivity index (χ2v) is 10.4. The first-order valence-corrected chi connectivity index (χ1v) is 12.0. The minimum absolute atomic E-state index is 0.0382. The summed E-state index contributed by atoms with van der Waals surface area (Å²) in [6.45, 7) is 8.48. The zero-order valence-corrected chi connectivity index (χ0v) is 20.0. The second-order valence-electron chi connectivity index (χ2n) is 10.4. The molecule has 1 amide bonds. The van der Waals surface area contributed by atoms with E-state index in [1.54, 1.807) is 12.0 Å². The SMILES string of the molecule is CO[C@@H]1[C@H](OC(=O)N2CC(CCc3nn[nH]n3)C2)CC[C@]2(CO2)[C@H]1[C@@]1(C)O[C@@H]1CC=C(C)C. The van der Waals surface area contributed by atoms with Crippen LogP contribution in [0.3, 0.4) is 0 Å². The van der Waals surface area contributed by atoms with Gasteiger partial charge in [0.05, 0.1) is 18.6 Å². The molecule has 5 rings (SSSR count). The summed E-state index contributed by atoms with van der Waals surface area (Å²) in [5.41, 5.74) is 0.745. The molecular weight excluding hydrogens is 426 g/mol. The summed E-state index contributed by atoms with van der Waals surface area (Å²) in [5, 5.41) is 14.0. The van der Waals surface area contributed by atoms with E-state index >= 15 is 0 Å². The van der Waals surface area contributed by atoms with Crippen LogP contribution >= 0.6 is 0 Å². The minimum atomic E-state index is -0.328. The number of H-pyrrole nitrogens is 1. The van der Waals surface area contributed by atoms with Gasteiger partial charge >= 0.3 is 6.09 Å². The second kappa shape index (κ2) is 8.63. The molecule has 1 N–H and O–H groups in total. The highest BCUT2D eigenvalue weighted by atomic mass is 16.6. The largest absolute Gasteiger partial charge is 0.443 e. The maximum absolute atomic E-state index is 12.9. The van der Waals surface area contributed by atoms with Crippen molar-refractivity contribution in [3.8, 4) is 0 Å². The lowest BCUT2D eigenvalue weighted by atomic mass is 9.68. The Morgan fingerprint density at radius 3 is 2.79 bits per heavy atom. The third kappa shape index (κ3) is 4.40. The van der Waals surface area contributed by atoms with Crippen LogP contribution in [-0.4, -0.2) is 87.9 Å². The van der Waals surface area contributed by atoms with Crippen molar-refractivity contribution in [3.63, 3.8) is 0 Å². The number of tetrazole rings is 1. The van der Waals surface area contributed by atoms with E-state index in [1.165, 1.54) is 5.57 Å². The predicted octanol–water partition coefficient (Wildman–Crippen LogP) is 2.28. The number of amides is 1. The van der Waals surface area contributed by atoms with Crippen LogP contribution in [0.5, 0.6) is 0 Å². The summed E-state index contributed by atoms with van der Waals surface area (Å²) >= 11 is 0. The Kier molecular flexibility index (Phi) is 5.95. The van der Waals surface area contributed by atoms with E-state index in [4.69, 9.17) is 18.9 Å². The molecule has 6 atom stereocenters. The van der Waals surface area contributed by atoms with E-state index in [1.807, 2.05) is 0 Å². The van der Waals surface area contributed by atoms with Gasteiger partial charge in [0.2, 0.25) is 0 Å². The molecule has 1 aliphatic carbocycles. The Balaban J connectivity index is 1.17. The number of nitrogens with zero attached hydrogens (tertiary/aromatic N) is 4. The zero-order valence-electron chi connectivity index (χ0n) is 20.0. The lowest BCUT2D eigenvalue weighted by Gasteiger charge is -2.44. The van der Waals surface area contributed by atoms with Crippen LogP contribution in [0, 0.1) is 11.8 Å². The summed E-state index contributed by atoms with van der Waals surface area (Å²) < 4.78 is 24.2. The summed E-state index contributed by atoms with van der Waals surface area (Å²) in [4.78, 5) is 14.6. The number of carbonyl (C=O) groups is 1. The Bertz CT molecular complexity index is 878. The summed E-state index contributed by atoms with van der Waals surface area (Å²) in [5.74, 6) is 1.18. The van der Waals surface area contributed by atoms with Gasteiger partial charge in [-0.1, -0.05) is 16.9 Å². The normalized spacial score (nSPS) is 37.5. The van der Waals surface area contributed by atoms with E-state index in [2.05, 4.69) is 47.5 Å². The number of allylic oxidation sites excluding steroid dienone is 1. The molecule has 0 bridgehead atoms. The molecule has 1 aromatic heterocycles. The van der Waals surface area contributed by atoms with Gasteiger partial charge in [0.1, 0.15) is 23.4 Å². The molecule has 10 heteroatoms. The number of carbonyl (C=O) groups excluding carboxylic acids is 1. The lowest BCUT2D eigenvalue weighted by Crippen LogP contribution is -2.57. The van der Waals surface area contributed by atoms with Crippen molar-refractivity contribution < 1.29 is 23.7 Å². The standard InChI is InChI=1S/C23H35N5O5/c1-14(2)5-7-17-22(3,33-17)20-19(30-4)16(9-10-23(20)13-31-23)32-21(29)28-11-15(12-28)6-8-18-24-26-27-25-18/h5,15-17,19-20H,6-13H2,1-4H3,(H,24,25,26,27)/t16-,17-,19-,20-,22+,23+/m1/s1. The van der Waals surface area contributed by atoms with Crippen molar-refractivity contribution in [2.75, 3.05) is 26.8 Å². The topological polar surface area (TPSA) is 118 Å². The first-order valence-electron chi connectivity index (χ1n) is 12.0. The van der Waals surface area contributed by atoms with Crippen LogP contribution in [0.15, 0.2) is 11.6 Å². The number of aromatic amines is 1. The van der Waals surface area contributed by atoms with Gasteiger partial charge in [-0.2, -0.15) is 5.21 Å². The summed E-state index contributed by atoms with van der Waals surface area (Å²) in [6, 6.07) is 0. The van der Waals surface area contributed by atoms with Crippen LogP contribution in [0.4, 0.5) is 4.79 Å². The smallest absolute Gasteiger partial charge is 0.410 e. The maximum atomic E-state index is 12.9. The third-order valence-corrected chi connectivity index (χ3v) is 7.87. The Labute approximate surface area is 194 Å². The van der Waals surface area contributed by atoms with Gasteiger partial charge in [0, 0.05) is 26.6 Å². The highest BCUT2D eigenvalue weighted by Crippen LogP contribution is 2.59. The fraction of sp³-hybridized carbons (Fsp3) is 0.826. The van der Waals surface area contributed by atoms with Crippen LogP contribution in [0.2, 0.25) is 0 Å². The number of nitrogens with one attached hydrogen (secondary N) is 1. The average Bonchev–Trinajstić information content (AvgIpc) is 3.59. The van der Waals surface area contributed by atoms with Gasteiger partial charge < -0.3 is 23.8 Å². The minimum Gasteiger partial charge on any atom is -0.443 e. The molecule has 1 aromatic rings. The molecule has 0 radical (unpaired) electrons. The van der Waals surface area contributed by atoms with E-state index in [0.717, 1.165) is 38.7 Å². The van der Waals surface area contributed by atoms with Crippen LogP contribution in [-0.2, 0) is 25.4 Å². The molecule has 33 heavy (non-hydrogen) atoms. The van der Waals surface area contributed by atoms with Crippen molar-refractivity contribution in [2.45, 2.75) is 82.4 Å². The zero-order chi connectivity index (χ0) is 23.2. The van der Waals surface area contributed by atoms with Crippen molar-refractivity contribution in [3.05, 3.63) is 17.5 Å². The average molecular weight is 462 g/mol. The molecule has 1 saturated carbocycles. The monoisotopic (exact) mass is 461 g/mol. The maximum Gasteiger partial charge on any atom is 0.410 e. The number of rotatable bonds is 8. The quantitative estimate of drug-likeness (QED) is 0.463. The number of hydrogen-bond donors (Lipinski definition) is 1. The molecule has 3 saturated heterocycles. The van der Waals surface area contributed by atoms with E-state index in [9.17, 15) is 4.79 Å². The van der Waals surface area contributed by atoms with Crippen molar-refractivity contribution in [1.29, 1.82) is 0 Å². The molecule has 1 spiro atoms. The number of epoxide rings is 2.